The molecule has 7 heteroatoms. The summed E-state index contributed by atoms with van der Waals surface area (Å²) in [5.41, 5.74) is 0.606. The Labute approximate surface area is 124 Å². The smallest absolute Gasteiger partial charge is 0.335 e. The molecule has 2 rings (SSSR count). The average molecular weight is 313 g/mol. The van der Waals surface area contributed by atoms with Crippen molar-refractivity contribution in [2.75, 3.05) is 20.2 Å². The summed E-state index contributed by atoms with van der Waals surface area (Å²) in [6.45, 7) is 2.54. The molecule has 1 aliphatic heterocycles. The fraction of sp³-hybridized carbons (Fsp3) is 0.500. The lowest BCUT2D eigenvalue weighted by atomic mass is 10.1. The second-order valence-corrected chi connectivity index (χ2v) is 6.90. The molecule has 1 aromatic rings. The molecule has 0 spiro atoms. The Morgan fingerprint density at radius 1 is 1.48 bits per heavy atom. The molecule has 1 unspecified atom stereocenters. The highest BCUT2D eigenvalue weighted by molar-refractivity contribution is 7.89. The Morgan fingerprint density at radius 3 is 2.71 bits per heavy atom. The van der Waals surface area contributed by atoms with E-state index >= 15 is 0 Å². The lowest BCUT2D eigenvalue weighted by Crippen LogP contribution is -2.31. The maximum absolute atomic E-state index is 12.7. The van der Waals surface area contributed by atoms with E-state index in [-0.39, 0.29) is 16.6 Å². The maximum atomic E-state index is 12.7. The molecule has 0 bridgehead atoms. The average Bonchev–Trinajstić information content (AvgIpc) is 2.96. The van der Waals surface area contributed by atoms with Crippen molar-refractivity contribution in [2.24, 2.45) is 0 Å². The summed E-state index contributed by atoms with van der Waals surface area (Å²) in [6.07, 6.45) is 1.07. The largest absolute Gasteiger partial charge is 0.478 e. The van der Waals surface area contributed by atoms with Gasteiger partial charge >= 0.3 is 5.97 Å². The van der Waals surface area contributed by atoms with Gasteiger partial charge in [0.15, 0.2) is 0 Å². The van der Waals surface area contributed by atoms with Crippen LogP contribution in [0.5, 0.6) is 0 Å². The second-order valence-electron chi connectivity index (χ2n) is 4.99. The van der Waals surface area contributed by atoms with E-state index in [9.17, 15) is 13.2 Å². The van der Waals surface area contributed by atoms with Gasteiger partial charge in [0, 0.05) is 20.2 Å². The highest BCUT2D eigenvalue weighted by Crippen LogP contribution is 2.26. The summed E-state index contributed by atoms with van der Waals surface area (Å²) in [5, 5.41) is 9.06. The summed E-state index contributed by atoms with van der Waals surface area (Å²) < 4.78 is 32.0. The van der Waals surface area contributed by atoms with E-state index < -0.39 is 16.0 Å². The number of hydrogen-bond acceptors (Lipinski definition) is 4. The number of carbonyl (C=O) groups is 1. The molecule has 1 N–H and O–H groups in total. The molecule has 116 valence electrons. The molecule has 1 heterocycles. The Morgan fingerprint density at radius 2 is 2.19 bits per heavy atom. The minimum atomic E-state index is -3.69. The summed E-state index contributed by atoms with van der Waals surface area (Å²) >= 11 is 0. The SMILES string of the molecule is CCc1ccc(C(=O)O)cc1S(=O)(=O)N1CCC(OC)C1. The van der Waals surface area contributed by atoms with Crippen molar-refractivity contribution in [3.05, 3.63) is 29.3 Å². The quantitative estimate of drug-likeness (QED) is 0.887. The first kappa shape index (κ1) is 15.9. The third-order valence-corrected chi connectivity index (χ3v) is 5.70. The van der Waals surface area contributed by atoms with E-state index in [0.29, 0.717) is 31.5 Å². The minimum absolute atomic E-state index is 0.0201. The van der Waals surface area contributed by atoms with Gasteiger partial charge in [0.25, 0.3) is 0 Å². The molecule has 1 atom stereocenters. The van der Waals surface area contributed by atoms with Gasteiger partial charge in [-0.2, -0.15) is 4.31 Å². The van der Waals surface area contributed by atoms with Gasteiger partial charge in [0.05, 0.1) is 16.6 Å². The van der Waals surface area contributed by atoms with Gasteiger partial charge in [-0.15, -0.1) is 0 Å². The highest BCUT2D eigenvalue weighted by Gasteiger charge is 2.34. The molecule has 0 amide bonds. The lowest BCUT2D eigenvalue weighted by Gasteiger charge is -2.18. The number of rotatable bonds is 5. The Balaban J connectivity index is 2.43. The molecule has 21 heavy (non-hydrogen) atoms. The van der Waals surface area contributed by atoms with Crippen LogP contribution in [-0.4, -0.2) is 50.1 Å². The van der Waals surface area contributed by atoms with Crippen molar-refractivity contribution in [3.63, 3.8) is 0 Å². The minimum Gasteiger partial charge on any atom is -0.478 e. The molecule has 1 fully saturated rings. The van der Waals surface area contributed by atoms with Crippen LogP contribution >= 0.6 is 0 Å². The van der Waals surface area contributed by atoms with Crippen molar-refractivity contribution < 1.29 is 23.1 Å². The van der Waals surface area contributed by atoms with Crippen LogP contribution in [0.1, 0.15) is 29.3 Å². The van der Waals surface area contributed by atoms with E-state index in [1.807, 2.05) is 6.92 Å². The number of hydrogen-bond donors (Lipinski definition) is 1. The van der Waals surface area contributed by atoms with Crippen molar-refractivity contribution in [3.8, 4) is 0 Å². The Kier molecular flexibility index (Phi) is 4.65. The van der Waals surface area contributed by atoms with E-state index in [1.54, 1.807) is 13.2 Å². The van der Waals surface area contributed by atoms with Gasteiger partial charge in [-0.05, 0) is 30.5 Å². The third kappa shape index (κ3) is 3.09. The van der Waals surface area contributed by atoms with Crippen LogP contribution in [0.2, 0.25) is 0 Å². The number of benzene rings is 1. The van der Waals surface area contributed by atoms with Crippen molar-refractivity contribution >= 4 is 16.0 Å². The normalized spacial score (nSPS) is 19.8. The first-order valence-electron chi connectivity index (χ1n) is 6.79. The van der Waals surface area contributed by atoms with Crippen LogP contribution < -0.4 is 0 Å². The zero-order valence-electron chi connectivity index (χ0n) is 12.1. The fourth-order valence-electron chi connectivity index (χ4n) is 2.47. The van der Waals surface area contributed by atoms with Crippen molar-refractivity contribution in [2.45, 2.75) is 30.8 Å². The zero-order chi connectivity index (χ0) is 15.6. The molecule has 1 aliphatic rings. The van der Waals surface area contributed by atoms with Gasteiger partial charge < -0.3 is 9.84 Å². The predicted molar refractivity (Wildman–Crippen MR) is 77.0 cm³/mol. The van der Waals surface area contributed by atoms with Crippen molar-refractivity contribution in [1.29, 1.82) is 0 Å². The molecule has 1 saturated heterocycles. The number of carboxylic acid groups (broad SMARTS) is 1. The van der Waals surface area contributed by atoms with Gasteiger partial charge in [-0.1, -0.05) is 13.0 Å². The van der Waals surface area contributed by atoms with E-state index in [2.05, 4.69) is 0 Å². The lowest BCUT2D eigenvalue weighted by molar-refractivity contribution is 0.0696. The van der Waals surface area contributed by atoms with Crippen LogP contribution in [0.4, 0.5) is 0 Å². The highest BCUT2D eigenvalue weighted by atomic mass is 32.2. The number of carboxylic acids is 1. The van der Waals surface area contributed by atoms with Crippen molar-refractivity contribution in [1.82, 2.24) is 4.31 Å². The molecule has 6 nitrogen and oxygen atoms in total. The van der Waals surface area contributed by atoms with E-state index in [1.165, 1.54) is 16.4 Å². The first-order chi connectivity index (χ1) is 9.90. The topological polar surface area (TPSA) is 83.9 Å². The molecule has 0 saturated carbocycles. The number of aryl methyl sites for hydroxylation is 1. The van der Waals surface area contributed by atoms with Crippen LogP contribution in [0.3, 0.4) is 0 Å². The number of ether oxygens (including phenoxy) is 1. The fourth-order valence-corrected chi connectivity index (χ4v) is 4.27. The summed E-state index contributed by atoms with van der Waals surface area (Å²) in [4.78, 5) is 11.2. The Hall–Kier alpha value is -1.44. The van der Waals surface area contributed by atoms with Gasteiger partial charge in [0.2, 0.25) is 10.0 Å². The molecular formula is C14H19NO5S. The first-order valence-corrected chi connectivity index (χ1v) is 8.23. The zero-order valence-corrected chi connectivity index (χ0v) is 12.9. The summed E-state index contributed by atoms with van der Waals surface area (Å²) in [6, 6.07) is 4.25. The number of aromatic carboxylic acids is 1. The number of methoxy groups -OCH3 is 1. The monoisotopic (exact) mass is 313 g/mol. The van der Waals surface area contributed by atoms with Gasteiger partial charge in [-0.3, -0.25) is 0 Å². The number of nitrogens with zero attached hydrogens (tertiary/aromatic N) is 1. The molecule has 0 aliphatic carbocycles. The molecule has 0 radical (unpaired) electrons. The predicted octanol–water partition coefficient (Wildman–Crippen LogP) is 1.36. The number of sulfonamides is 1. The van der Waals surface area contributed by atoms with E-state index in [4.69, 9.17) is 9.84 Å². The second kappa shape index (κ2) is 6.13. The molecule has 0 aromatic heterocycles. The van der Waals surface area contributed by atoms with E-state index in [0.717, 1.165) is 0 Å². The Bertz CT molecular complexity index is 641. The molecule has 1 aromatic carbocycles. The molecular weight excluding hydrogens is 294 g/mol. The summed E-state index contributed by atoms with van der Waals surface area (Å²) in [7, 11) is -2.13. The van der Waals surface area contributed by atoms with Gasteiger partial charge in [0.1, 0.15) is 0 Å². The van der Waals surface area contributed by atoms with Crippen LogP contribution in [-0.2, 0) is 21.2 Å². The van der Waals surface area contributed by atoms with Gasteiger partial charge in [-0.25, -0.2) is 13.2 Å². The maximum Gasteiger partial charge on any atom is 0.335 e. The standard InChI is InChI=1S/C14H19NO5S/c1-3-10-4-5-11(14(16)17)8-13(10)21(18,19)15-7-6-12(9-15)20-2/h4-5,8,12H,3,6-7,9H2,1-2H3,(H,16,17). The van der Waals surface area contributed by atoms with Crippen LogP contribution in [0.25, 0.3) is 0 Å². The summed E-state index contributed by atoms with van der Waals surface area (Å²) in [5.74, 6) is -1.13. The third-order valence-electron chi connectivity index (χ3n) is 3.75. The van der Waals surface area contributed by atoms with Crippen LogP contribution in [0, 0.1) is 0 Å². The van der Waals surface area contributed by atoms with Crippen LogP contribution in [0.15, 0.2) is 23.1 Å².